The molecule has 108 valence electrons. The molecule has 0 spiro atoms. The largest absolute Gasteiger partial charge is 0.461 e. The zero-order chi connectivity index (χ0) is 15.1. The number of nitrogens with zero attached hydrogens (tertiary/aromatic N) is 1. The monoisotopic (exact) mass is 285 g/mol. The summed E-state index contributed by atoms with van der Waals surface area (Å²) in [6.45, 7) is 1.78. The fourth-order valence-corrected chi connectivity index (χ4v) is 1.62. The molecule has 21 heavy (non-hydrogen) atoms. The van der Waals surface area contributed by atoms with Crippen molar-refractivity contribution in [3.8, 4) is 0 Å². The second-order valence-corrected chi connectivity index (χ2v) is 4.39. The Morgan fingerprint density at radius 3 is 2.10 bits per heavy atom. The summed E-state index contributed by atoms with van der Waals surface area (Å²) in [4.78, 5) is 26.4. The summed E-state index contributed by atoms with van der Waals surface area (Å²) in [5.41, 5.74) is 2.01. The van der Waals surface area contributed by atoms with Crippen LogP contribution in [0.1, 0.15) is 28.5 Å². The highest BCUT2D eigenvalue weighted by Gasteiger charge is 2.07. The van der Waals surface area contributed by atoms with Crippen molar-refractivity contribution in [3.05, 3.63) is 65.5 Å². The molecule has 1 aromatic heterocycles. The quantitative estimate of drug-likeness (QED) is 0.790. The maximum atomic E-state index is 11.7. The van der Waals surface area contributed by atoms with Gasteiger partial charge in [-0.25, -0.2) is 9.78 Å². The Kier molecular flexibility index (Phi) is 5.04. The third kappa shape index (κ3) is 4.72. The second kappa shape index (κ2) is 7.19. The van der Waals surface area contributed by atoms with Gasteiger partial charge in [-0.2, -0.15) is 0 Å². The molecule has 0 unspecified atom stereocenters. The Hall–Kier alpha value is -2.69. The summed E-state index contributed by atoms with van der Waals surface area (Å²) >= 11 is 0. The average molecular weight is 285 g/mol. The molecule has 2 aromatic rings. The van der Waals surface area contributed by atoms with Crippen LogP contribution in [-0.2, 0) is 27.5 Å². The van der Waals surface area contributed by atoms with Gasteiger partial charge in [-0.3, -0.25) is 4.79 Å². The summed E-state index contributed by atoms with van der Waals surface area (Å²) in [6.07, 6.45) is 1.54. The van der Waals surface area contributed by atoms with Crippen LogP contribution < -0.4 is 0 Å². The molecule has 0 fully saturated rings. The Bertz CT molecular complexity index is 608. The van der Waals surface area contributed by atoms with Gasteiger partial charge in [0.1, 0.15) is 18.9 Å². The van der Waals surface area contributed by atoms with E-state index in [1.165, 1.54) is 6.92 Å². The van der Waals surface area contributed by atoms with E-state index in [1.807, 2.05) is 24.3 Å². The molecule has 5 nitrogen and oxygen atoms in total. The number of hydrogen-bond donors (Lipinski definition) is 0. The van der Waals surface area contributed by atoms with E-state index in [0.717, 1.165) is 11.1 Å². The van der Waals surface area contributed by atoms with Crippen LogP contribution in [0.4, 0.5) is 0 Å². The highest BCUT2D eigenvalue weighted by molar-refractivity contribution is 5.87. The van der Waals surface area contributed by atoms with Gasteiger partial charge in [0.2, 0.25) is 0 Å². The predicted octanol–water partition coefficient (Wildman–Crippen LogP) is 2.50. The van der Waals surface area contributed by atoms with Gasteiger partial charge in [-0.15, -0.1) is 0 Å². The van der Waals surface area contributed by atoms with Crippen molar-refractivity contribution in [1.82, 2.24) is 4.98 Å². The van der Waals surface area contributed by atoms with Crippen LogP contribution in [0.5, 0.6) is 0 Å². The van der Waals surface area contributed by atoms with Crippen molar-refractivity contribution < 1.29 is 19.1 Å². The number of pyridine rings is 1. The number of rotatable bonds is 5. The Morgan fingerprint density at radius 1 is 0.952 bits per heavy atom. The number of aromatic nitrogens is 1. The van der Waals surface area contributed by atoms with Gasteiger partial charge in [0.05, 0.1) is 0 Å². The third-order valence-electron chi connectivity index (χ3n) is 2.71. The van der Waals surface area contributed by atoms with Crippen LogP contribution in [0.15, 0.2) is 48.7 Å². The minimum atomic E-state index is -0.459. The molecule has 1 heterocycles. The lowest BCUT2D eigenvalue weighted by Gasteiger charge is -2.06. The summed E-state index contributed by atoms with van der Waals surface area (Å²) in [5, 5.41) is 0. The number of hydrogen-bond acceptors (Lipinski definition) is 5. The van der Waals surface area contributed by atoms with Crippen LogP contribution in [0, 0.1) is 0 Å². The van der Waals surface area contributed by atoms with Gasteiger partial charge in [-0.1, -0.05) is 30.3 Å². The Morgan fingerprint density at radius 2 is 1.57 bits per heavy atom. The first kappa shape index (κ1) is 14.7. The first-order chi connectivity index (χ1) is 10.1. The minimum Gasteiger partial charge on any atom is -0.461 e. The zero-order valence-electron chi connectivity index (χ0n) is 11.6. The van der Waals surface area contributed by atoms with Gasteiger partial charge < -0.3 is 9.47 Å². The number of esters is 2. The van der Waals surface area contributed by atoms with Gasteiger partial charge in [-0.05, 0) is 23.3 Å². The molecule has 0 amide bonds. The molecule has 0 atom stereocenters. The van der Waals surface area contributed by atoms with Crippen molar-refractivity contribution in [2.24, 2.45) is 0 Å². The van der Waals surface area contributed by atoms with Crippen LogP contribution in [0.25, 0.3) is 0 Å². The molecule has 0 aliphatic rings. The van der Waals surface area contributed by atoms with Crippen LogP contribution in [-0.4, -0.2) is 16.9 Å². The zero-order valence-corrected chi connectivity index (χ0v) is 11.6. The molecule has 0 radical (unpaired) electrons. The molecule has 0 bridgehead atoms. The molecular formula is C16H15NO4. The minimum absolute atomic E-state index is 0.170. The normalized spacial score (nSPS) is 9.95. The molecule has 5 heteroatoms. The first-order valence-corrected chi connectivity index (χ1v) is 6.44. The van der Waals surface area contributed by atoms with E-state index >= 15 is 0 Å². The van der Waals surface area contributed by atoms with E-state index < -0.39 is 5.97 Å². The molecule has 1 aromatic carbocycles. The molecule has 0 aliphatic heterocycles. The summed E-state index contributed by atoms with van der Waals surface area (Å²) in [5.74, 6) is -0.775. The van der Waals surface area contributed by atoms with E-state index in [9.17, 15) is 9.59 Å². The van der Waals surface area contributed by atoms with Gasteiger partial charge in [0.15, 0.2) is 0 Å². The SMILES string of the molecule is CC(=O)OCc1ccc(COC(=O)c2ccccn2)cc1. The smallest absolute Gasteiger partial charge is 0.357 e. The fraction of sp³-hybridized carbons (Fsp3) is 0.188. The average Bonchev–Trinajstić information content (AvgIpc) is 2.52. The van der Waals surface area contributed by atoms with Crippen LogP contribution >= 0.6 is 0 Å². The first-order valence-electron chi connectivity index (χ1n) is 6.44. The molecule has 0 saturated carbocycles. The lowest BCUT2D eigenvalue weighted by molar-refractivity contribution is -0.142. The van der Waals surface area contributed by atoms with Gasteiger partial charge in [0.25, 0.3) is 0 Å². The lowest BCUT2D eigenvalue weighted by Crippen LogP contribution is -2.07. The predicted molar refractivity (Wildman–Crippen MR) is 75.3 cm³/mol. The van der Waals surface area contributed by atoms with Gasteiger partial charge >= 0.3 is 11.9 Å². The van der Waals surface area contributed by atoms with E-state index in [0.29, 0.717) is 0 Å². The van der Waals surface area contributed by atoms with E-state index in [-0.39, 0.29) is 24.9 Å². The topological polar surface area (TPSA) is 65.5 Å². The van der Waals surface area contributed by atoms with Crippen molar-refractivity contribution in [2.75, 3.05) is 0 Å². The highest BCUT2D eigenvalue weighted by Crippen LogP contribution is 2.08. The third-order valence-corrected chi connectivity index (χ3v) is 2.71. The van der Waals surface area contributed by atoms with Crippen molar-refractivity contribution >= 4 is 11.9 Å². The summed E-state index contributed by atoms with van der Waals surface area (Å²) < 4.78 is 10.1. The van der Waals surface area contributed by atoms with Crippen molar-refractivity contribution in [1.29, 1.82) is 0 Å². The standard InChI is InChI=1S/C16H15NO4/c1-12(18)20-10-13-5-7-14(8-6-13)11-21-16(19)15-4-2-3-9-17-15/h2-9H,10-11H2,1H3. The number of ether oxygens (including phenoxy) is 2. The maximum Gasteiger partial charge on any atom is 0.357 e. The number of benzene rings is 1. The maximum absolute atomic E-state index is 11.7. The van der Waals surface area contributed by atoms with Crippen molar-refractivity contribution in [2.45, 2.75) is 20.1 Å². The summed E-state index contributed by atoms with van der Waals surface area (Å²) in [7, 11) is 0. The molecular weight excluding hydrogens is 270 g/mol. The van der Waals surface area contributed by atoms with E-state index in [1.54, 1.807) is 24.4 Å². The van der Waals surface area contributed by atoms with Crippen molar-refractivity contribution in [3.63, 3.8) is 0 Å². The lowest BCUT2D eigenvalue weighted by atomic mass is 10.1. The number of carbonyl (C=O) groups is 2. The number of carbonyl (C=O) groups excluding carboxylic acids is 2. The van der Waals surface area contributed by atoms with Gasteiger partial charge in [0, 0.05) is 13.1 Å². The fourth-order valence-electron chi connectivity index (χ4n) is 1.62. The molecule has 0 aliphatic carbocycles. The Balaban J connectivity index is 1.86. The second-order valence-electron chi connectivity index (χ2n) is 4.39. The molecule has 0 saturated heterocycles. The Labute approximate surface area is 122 Å². The summed E-state index contributed by atoms with van der Waals surface area (Å²) in [6, 6.07) is 12.4. The van der Waals surface area contributed by atoms with Crippen LogP contribution in [0.3, 0.4) is 0 Å². The van der Waals surface area contributed by atoms with E-state index in [4.69, 9.17) is 9.47 Å². The molecule has 2 rings (SSSR count). The van der Waals surface area contributed by atoms with Crippen LogP contribution in [0.2, 0.25) is 0 Å². The highest BCUT2D eigenvalue weighted by atomic mass is 16.5. The van der Waals surface area contributed by atoms with E-state index in [2.05, 4.69) is 4.98 Å². The molecule has 0 N–H and O–H groups in total.